The fourth-order valence-corrected chi connectivity index (χ4v) is 2.64. The molecule has 0 aliphatic heterocycles. The maximum Gasteiger partial charge on any atom is 0.290 e. The van der Waals surface area contributed by atoms with E-state index in [1.165, 1.54) is 11.1 Å². The lowest BCUT2D eigenvalue weighted by Gasteiger charge is -2.10. The summed E-state index contributed by atoms with van der Waals surface area (Å²) in [6.45, 7) is 4.67. The third kappa shape index (κ3) is 7.17. The SMILES string of the molecule is Cc1ccccc1CCNc1nc(CC(=O)NCCON=C(N)N)c(C)[nH]c1=O. The van der Waals surface area contributed by atoms with Crippen LogP contribution in [0.3, 0.4) is 0 Å². The van der Waals surface area contributed by atoms with E-state index in [1.54, 1.807) is 6.92 Å². The van der Waals surface area contributed by atoms with Gasteiger partial charge < -0.3 is 31.9 Å². The fourth-order valence-electron chi connectivity index (χ4n) is 2.64. The Morgan fingerprint density at radius 3 is 2.72 bits per heavy atom. The number of carbonyl (C=O) groups is 1. The van der Waals surface area contributed by atoms with E-state index in [1.807, 2.05) is 25.1 Å². The van der Waals surface area contributed by atoms with E-state index in [-0.39, 0.29) is 42.8 Å². The lowest BCUT2D eigenvalue weighted by atomic mass is 10.1. The van der Waals surface area contributed by atoms with Crippen molar-refractivity contribution in [2.75, 3.05) is 25.0 Å². The molecular formula is C19H27N7O3. The molecule has 0 bridgehead atoms. The molecule has 0 aliphatic carbocycles. The molecule has 29 heavy (non-hydrogen) atoms. The Bertz CT molecular complexity index is 920. The van der Waals surface area contributed by atoms with Gasteiger partial charge in [0, 0.05) is 12.2 Å². The highest BCUT2D eigenvalue weighted by Crippen LogP contribution is 2.08. The zero-order valence-corrected chi connectivity index (χ0v) is 16.6. The van der Waals surface area contributed by atoms with Gasteiger partial charge in [-0.3, -0.25) is 9.59 Å². The van der Waals surface area contributed by atoms with Gasteiger partial charge in [-0.2, -0.15) is 0 Å². The standard InChI is InChI=1S/C19H27N7O3/c1-12-5-3-4-6-14(12)7-8-23-17-18(28)24-13(2)15(25-17)11-16(27)22-9-10-29-26-19(20)21/h3-6H,7-11H2,1-2H3,(H,22,27)(H,23,25)(H,24,28)(H4,20,21,26). The summed E-state index contributed by atoms with van der Waals surface area (Å²) in [4.78, 5) is 36.1. The van der Waals surface area contributed by atoms with Crippen molar-refractivity contribution in [1.82, 2.24) is 15.3 Å². The van der Waals surface area contributed by atoms with Gasteiger partial charge in [-0.25, -0.2) is 4.98 Å². The normalized spacial score (nSPS) is 10.3. The number of nitrogens with zero attached hydrogens (tertiary/aromatic N) is 2. The minimum Gasteiger partial charge on any atom is -0.391 e. The lowest BCUT2D eigenvalue weighted by molar-refractivity contribution is -0.120. The van der Waals surface area contributed by atoms with Gasteiger partial charge in [0.25, 0.3) is 5.56 Å². The second-order valence-corrected chi connectivity index (χ2v) is 6.47. The number of aromatic amines is 1. The largest absolute Gasteiger partial charge is 0.391 e. The molecule has 0 radical (unpaired) electrons. The number of benzene rings is 1. The molecular weight excluding hydrogens is 374 g/mol. The molecule has 0 saturated heterocycles. The van der Waals surface area contributed by atoms with Gasteiger partial charge in [0.2, 0.25) is 11.9 Å². The van der Waals surface area contributed by atoms with Crippen molar-refractivity contribution >= 4 is 17.7 Å². The molecule has 2 aromatic rings. The highest BCUT2D eigenvalue weighted by atomic mass is 16.6. The zero-order chi connectivity index (χ0) is 21.2. The third-order valence-electron chi connectivity index (χ3n) is 4.16. The molecule has 156 valence electrons. The van der Waals surface area contributed by atoms with E-state index in [0.717, 1.165) is 6.42 Å². The molecule has 0 saturated carbocycles. The molecule has 10 heteroatoms. The van der Waals surface area contributed by atoms with Crippen molar-refractivity contribution < 1.29 is 9.63 Å². The third-order valence-corrected chi connectivity index (χ3v) is 4.16. The van der Waals surface area contributed by atoms with Crippen LogP contribution in [0.15, 0.2) is 34.2 Å². The first-order chi connectivity index (χ1) is 13.9. The first-order valence-electron chi connectivity index (χ1n) is 9.22. The predicted octanol–water partition coefficient (Wildman–Crippen LogP) is -0.0950. The van der Waals surface area contributed by atoms with E-state index in [0.29, 0.717) is 17.9 Å². The van der Waals surface area contributed by atoms with Crippen LogP contribution in [-0.4, -0.2) is 41.5 Å². The number of nitrogens with one attached hydrogen (secondary N) is 3. The number of nitrogens with two attached hydrogens (primary N) is 2. The van der Waals surface area contributed by atoms with Gasteiger partial charge in [0.05, 0.1) is 18.7 Å². The molecule has 0 unspecified atom stereocenters. The quantitative estimate of drug-likeness (QED) is 0.161. The van der Waals surface area contributed by atoms with Crippen molar-refractivity contribution in [2.45, 2.75) is 26.7 Å². The van der Waals surface area contributed by atoms with Crippen LogP contribution in [0.4, 0.5) is 5.82 Å². The summed E-state index contributed by atoms with van der Waals surface area (Å²) in [6.07, 6.45) is 0.782. The summed E-state index contributed by atoms with van der Waals surface area (Å²) in [5, 5.41) is 9.08. The molecule has 2 rings (SSSR count). The van der Waals surface area contributed by atoms with Crippen LogP contribution >= 0.6 is 0 Å². The van der Waals surface area contributed by atoms with Crippen LogP contribution in [0, 0.1) is 13.8 Å². The van der Waals surface area contributed by atoms with Crippen molar-refractivity contribution in [3.63, 3.8) is 0 Å². The van der Waals surface area contributed by atoms with E-state index >= 15 is 0 Å². The van der Waals surface area contributed by atoms with Crippen LogP contribution in [0.2, 0.25) is 0 Å². The number of carbonyl (C=O) groups excluding carboxylic acids is 1. The smallest absolute Gasteiger partial charge is 0.290 e. The number of anilines is 1. The molecule has 10 nitrogen and oxygen atoms in total. The molecule has 1 amide bonds. The average molecular weight is 401 g/mol. The molecule has 0 spiro atoms. The number of hydrogen-bond donors (Lipinski definition) is 5. The summed E-state index contributed by atoms with van der Waals surface area (Å²) in [5.41, 5.74) is 13.4. The zero-order valence-electron chi connectivity index (χ0n) is 16.6. The van der Waals surface area contributed by atoms with Crippen LogP contribution in [-0.2, 0) is 22.5 Å². The fraction of sp³-hybridized carbons (Fsp3) is 0.368. The van der Waals surface area contributed by atoms with Gasteiger partial charge in [-0.05, 0) is 36.6 Å². The van der Waals surface area contributed by atoms with Crippen LogP contribution < -0.4 is 27.7 Å². The summed E-state index contributed by atoms with van der Waals surface area (Å²) in [7, 11) is 0. The number of aryl methyl sites for hydroxylation is 2. The van der Waals surface area contributed by atoms with Gasteiger partial charge >= 0.3 is 0 Å². The summed E-state index contributed by atoms with van der Waals surface area (Å²) >= 11 is 0. The molecule has 1 heterocycles. The molecule has 1 aromatic heterocycles. The number of amides is 1. The second-order valence-electron chi connectivity index (χ2n) is 6.47. The van der Waals surface area contributed by atoms with E-state index < -0.39 is 0 Å². The predicted molar refractivity (Wildman–Crippen MR) is 111 cm³/mol. The maximum atomic E-state index is 12.2. The number of H-pyrrole nitrogens is 1. The van der Waals surface area contributed by atoms with Crippen molar-refractivity contribution in [1.29, 1.82) is 0 Å². The lowest BCUT2D eigenvalue weighted by Crippen LogP contribution is -2.30. The summed E-state index contributed by atoms with van der Waals surface area (Å²) in [6, 6.07) is 8.07. The maximum absolute atomic E-state index is 12.2. The number of oxime groups is 1. The van der Waals surface area contributed by atoms with Crippen LogP contribution in [0.5, 0.6) is 0 Å². The minimum absolute atomic E-state index is 0.0252. The first kappa shape index (κ1) is 21.7. The Labute approximate surface area is 168 Å². The van der Waals surface area contributed by atoms with E-state index in [2.05, 4.69) is 31.8 Å². The molecule has 1 aromatic carbocycles. The molecule has 0 fully saturated rings. The van der Waals surface area contributed by atoms with Gasteiger partial charge in [-0.1, -0.05) is 24.3 Å². The second kappa shape index (κ2) is 10.7. The van der Waals surface area contributed by atoms with Gasteiger partial charge in [0.1, 0.15) is 6.61 Å². The highest BCUT2D eigenvalue weighted by Gasteiger charge is 2.12. The Kier molecular flexibility index (Phi) is 8.01. The molecule has 0 atom stereocenters. The number of rotatable bonds is 10. The average Bonchev–Trinajstić information content (AvgIpc) is 2.66. The number of aromatic nitrogens is 2. The Morgan fingerprint density at radius 1 is 1.24 bits per heavy atom. The van der Waals surface area contributed by atoms with Crippen molar-refractivity contribution in [3.8, 4) is 0 Å². The van der Waals surface area contributed by atoms with E-state index in [4.69, 9.17) is 16.3 Å². The Hall–Kier alpha value is -3.56. The van der Waals surface area contributed by atoms with E-state index in [9.17, 15) is 9.59 Å². The number of hydrogen-bond acceptors (Lipinski definition) is 6. The summed E-state index contributed by atoms with van der Waals surface area (Å²) in [5.74, 6) is -0.248. The van der Waals surface area contributed by atoms with Crippen molar-refractivity contribution in [3.05, 3.63) is 57.1 Å². The molecule has 0 aliphatic rings. The Morgan fingerprint density at radius 2 is 2.00 bits per heavy atom. The number of guanidine groups is 1. The van der Waals surface area contributed by atoms with Crippen LogP contribution in [0.25, 0.3) is 0 Å². The topological polar surface area (TPSA) is 161 Å². The van der Waals surface area contributed by atoms with Gasteiger partial charge in [0.15, 0.2) is 5.82 Å². The summed E-state index contributed by atoms with van der Waals surface area (Å²) < 4.78 is 0. The minimum atomic E-state index is -0.318. The van der Waals surface area contributed by atoms with Gasteiger partial charge in [-0.15, -0.1) is 0 Å². The van der Waals surface area contributed by atoms with Crippen LogP contribution in [0.1, 0.15) is 22.5 Å². The Balaban J connectivity index is 1.90. The first-order valence-corrected chi connectivity index (χ1v) is 9.22. The monoisotopic (exact) mass is 401 g/mol. The van der Waals surface area contributed by atoms with Crippen molar-refractivity contribution in [2.24, 2.45) is 16.6 Å². The molecule has 7 N–H and O–H groups in total. The highest BCUT2D eigenvalue weighted by molar-refractivity contribution is 5.78.